The molecular formula is C18H25NO4S. The molecule has 2 rings (SSSR count). The van der Waals surface area contributed by atoms with Crippen molar-refractivity contribution in [3.8, 4) is 5.75 Å². The first-order valence-electron chi connectivity index (χ1n) is 8.18. The van der Waals surface area contributed by atoms with Crippen LogP contribution in [-0.2, 0) is 9.53 Å². The van der Waals surface area contributed by atoms with Crippen LogP contribution in [0.15, 0.2) is 23.1 Å². The average molecular weight is 351 g/mol. The van der Waals surface area contributed by atoms with Crippen molar-refractivity contribution in [2.24, 2.45) is 0 Å². The number of piperidine rings is 1. The third kappa shape index (κ3) is 4.23. The SMILES string of the molecule is COc1cc(SC)ccc1C(=O)OCC(=O)N1[C@H](C)CCC[C@@H]1C. The monoisotopic (exact) mass is 351 g/mol. The number of carbonyl (C=O) groups excluding carboxylic acids is 2. The van der Waals surface area contributed by atoms with Crippen molar-refractivity contribution >= 4 is 23.6 Å². The zero-order chi connectivity index (χ0) is 17.7. The highest BCUT2D eigenvalue weighted by atomic mass is 32.2. The third-order valence-electron chi connectivity index (χ3n) is 4.44. The third-order valence-corrected chi connectivity index (χ3v) is 5.16. The molecule has 1 fully saturated rings. The fourth-order valence-electron chi connectivity index (χ4n) is 3.16. The predicted octanol–water partition coefficient (Wildman–Crippen LogP) is 3.36. The molecule has 24 heavy (non-hydrogen) atoms. The number of carbonyl (C=O) groups is 2. The van der Waals surface area contributed by atoms with Gasteiger partial charge in [0.2, 0.25) is 0 Å². The van der Waals surface area contributed by atoms with Gasteiger partial charge in [-0.15, -0.1) is 11.8 Å². The minimum absolute atomic E-state index is 0.136. The van der Waals surface area contributed by atoms with Gasteiger partial charge in [-0.2, -0.15) is 0 Å². The van der Waals surface area contributed by atoms with Crippen molar-refractivity contribution in [1.82, 2.24) is 4.90 Å². The second-order valence-electron chi connectivity index (χ2n) is 6.07. The van der Waals surface area contributed by atoms with Gasteiger partial charge in [-0.1, -0.05) is 0 Å². The maximum atomic E-state index is 12.4. The molecule has 1 aromatic carbocycles. The van der Waals surface area contributed by atoms with E-state index in [0.29, 0.717) is 11.3 Å². The highest BCUT2D eigenvalue weighted by molar-refractivity contribution is 7.98. The van der Waals surface area contributed by atoms with Gasteiger partial charge < -0.3 is 14.4 Å². The number of methoxy groups -OCH3 is 1. The molecule has 0 aliphatic carbocycles. The molecule has 0 radical (unpaired) electrons. The molecule has 1 amide bonds. The Morgan fingerprint density at radius 1 is 1.25 bits per heavy atom. The molecule has 6 heteroatoms. The van der Waals surface area contributed by atoms with Crippen LogP contribution in [0.3, 0.4) is 0 Å². The maximum absolute atomic E-state index is 12.4. The van der Waals surface area contributed by atoms with Crippen molar-refractivity contribution < 1.29 is 19.1 Å². The number of benzene rings is 1. The number of ether oxygens (including phenoxy) is 2. The summed E-state index contributed by atoms with van der Waals surface area (Å²) in [5.41, 5.74) is 0.336. The summed E-state index contributed by atoms with van der Waals surface area (Å²) in [5, 5.41) is 0. The first-order valence-corrected chi connectivity index (χ1v) is 9.40. The Morgan fingerprint density at radius 3 is 2.50 bits per heavy atom. The summed E-state index contributed by atoms with van der Waals surface area (Å²) in [7, 11) is 1.51. The molecule has 5 nitrogen and oxygen atoms in total. The van der Waals surface area contributed by atoms with E-state index in [4.69, 9.17) is 9.47 Å². The minimum atomic E-state index is -0.537. The van der Waals surface area contributed by atoms with Crippen molar-refractivity contribution in [2.75, 3.05) is 20.0 Å². The van der Waals surface area contributed by atoms with E-state index in [-0.39, 0.29) is 24.6 Å². The molecule has 1 aliphatic rings. The van der Waals surface area contributed by atoms with Gasteiger partial charge in [0.1, 0.15) is 11.3 Å². The molecule has 1 saturated heterocycles. The van der Waals surface area contributed by atoms with E-state index >= 15 is 0 Å². The molecule has 132 valence electrons. The highest BCUT2D eigenvalue weighted by Crippen LogP contribution is 2.26. The number of likely N-dealkylation sites (tertiary alicyclic amines) is 1. The fourth-order valence-corrected chi connectivity index (χ4v) is 3.59. The Kier molecular flexibility index (Phi) is 6.54. The molecule has 1 aliphatic heterocycles. The van der Waals surface area contributed by atoms with Crippen LogP contribution in [0.4, 0.5) is 0 Å². The van der Waals surface area contributed by atoms with E-state index in [1.165, 1.54) is 7.11 Å². The van der Waals surface area contributed by atoms with Crippen LogP contribution in [-0.4, -0.2) is 48.8 Å². The van der Waals surface area contributed by atoms with Crippen LogP contribution in [0, 0.1) is 0 Å². The number of hydrogen-bond acceptors (Lipinski definition) is 5. The predicted molar refractivity (Wildman–Crippen MR) is 94.7 cm³/mol. The standard InChI is InChI=1S/C18H25NO4S/c1-12-6-5-7-13(2)19(12)17(20)11-23-18(21)15-9-8-14(24-4)10-16(15)22-3/h8-10,12-13H,5-7,11H2,1-4H3/t12-,13+. The van der Waals surface area contributed by atoms with Crippen molar-refractivity contribution in [3.63, 3.8) is 0 Å². The number of esters is 1. The van der Waals surface area contributed by atoms with Crippen LogP contribution >= 0.6 is 11.8 Å². The molecule has 0 bridgehead atoms. The molecular weight excluding hydrogens is 326 g/mol. The Morgan fingerprint density at radius 2 is 1.92 bits per heavy atom. The van der Waals surface area contributed by atoms with Crippen LogP contribution in [0.5, 0.6) is 5.75 Å². The number of thioether (sulfide) groups is 1. The van der Waals surface area contributed by atoms with Gasteiger partial charge in [-0.25, -0.2) is 4.79 Å². The molecule has 0 aromatic heterocycles. The van der Waals surface area contributed by atoms with E-state index in [2.05, 4.69) is 0 Å². The number of amides is 1. The van der Waals surface area contributed by atoms with Crippen LogP contribution in [0.25, 0.3) is 0 Å². The van der Waals surface area contributed by atoms with Crippen molar-refractivity contribution in [2.45, 2.75) is 50.1 Å². The van der Waals surface area contributed by atoms with Gasteiger partial charge in [0.15, 0.2) is 6.61 Å². The zero-order valence-corrected chi connectivity index (χ0v) is 15.5. The van der Waals surface area contributed by atoms with Gasteiger partial charge in [-0.05, 0) is 57.6 Å². The molecule has 2 atom stereocenters. The summed E-state index contributed by atoms with van der Waals surface area (Å²) >= 11 is 1.56. The smallest absolute Gasteiger partial charge is 0.342 e. The fraction of sp³-hybridized carbons (Fsp3) is 0.556. The summed E-state index contributed by atoms with van der Waals surface area (Å²) in [6, 6.07) is 5.67. The van der Waals surface area contributed by atoms with E-state index < -0.39 is 5.97 Å². The quantitative estimate of drug-likeness (QED) is 0.601. The lowest BCUT2D eigenvalue weighted by molar-refractivity contribution is -0.140. The van der Waals surface area contributed by atoms with Crippen molar-refractivity contribution in [1.29, 1.82) is 0 Å². The van der Waals surface area contributed by atoms with Crippen LogP contribution in [0.2, 0.25) is 0 Å². The Bertz CT molecular complexity index is 595. The summed E-state index contributed by atoms with van der Waals surface area (Å²) in [6.07, 6.45) is 5.07. The second-order valence-corrected chi connectivity index (χ2v) is 6.95. The number of nitrogens with zero attached hydrogens (tertiary/aromatic N) is 1. The average Bonchev–Trinajstić information content (AvgIpc) is 2.58. The van der Waals surface area contributed by atoms with Gasteiger partial charge in [0.25, 0.3) is 5.91 Å². The van der Waals surface area contributed by atoms with E-state index in [1.807, 2.05) is 31.1 Å². The van der Waals surface area contributed by atoms with Crippen LogP contribution in [0.1, 0.15) is 43.5 Å². The summed E-state index contributed by atoms with van der Waals surface area (Å²) in [5.74, 6) is -0.216. The second kappa shape index (κ2) is 8.42. The summed E-state index contributed by atoms with van der Waals surface area (Å²) in [6.45, 7) is 3.85. The van der Waals surface area contributed by atoms with Gasteiger partial charge in [0, 0.05) is 17.0 Å². The first-order chi connectivity index (χ1) is 11.5. The lowest BCUT2D eigenvalue weighted by Crippen LogP contribution is -2.49. The first kappa shape index (κ1) is 18.6. The van der Waals surface area contributed by atoms with Gasteiger partial charge >= 0.3 is 5.97 Å². The van der Waals surface area contributed by atoms with Gasteiger partial charge in [0.05, 0.1) is 7.11 Å². The Hall–Kier alpha value is -1.69. The number of rotatable bonds is 5. The Balaban J connectivity index is 2.01. The Labute approximate surface area is 147 Å². The number of hydrogen-bond donors (Lipinski definition) is 0. The molecule has 0 saturated carbocycles. The highest BCUT2D eigenvalue weighted by Gasteiger charge is 2.29. The molecule has 0 spiro atoms. The van der Waals surface area contributed by atoms with Gasteiger partial charge in [-0.3, -0.25) is 4.79 Å². The molecule has 0 unspecified atom stereocenters. The lowest BCUT2D eigenvalue weighted by atomic mass is 9.97. The van der Waals surface area contributed by atoms with E-state index in [0.717, 1.165) is 24.2 Å². The lowest BCUT2D eigenvalue weighted by Gasteiger charge is -2.38. The summed E-state index contributed by atoms with van der Waals surface area (Å²) in [4.78, 5) is 27.6. The zero-order valence-electron chi connectivity index (χ0n) is 14.7. The van der Waals surface area contributed by atoms with E-state index in [9.17, 15) is 9.59 Å². The van der Waals surface area contributed by atoms with Crippen molar-refractivity contribution in [3.05, 3.63) is 23.8 Å². The minimum Gasteiger partial charge on any atom is -0.496 e. The molecule has 1 aromatic rings. The van der Waals surface area contributed by atoms with Crippen LogP contribution < -0.4 is 4.74 Å². The normalized spacial score (nSPS) is 20.6. The molecule has 1 heterocycles. The maximum Gasteiger partial charge on any atom is 0.342 e. The topological polar surface area (TPSA) is 55.8 Å². The largest absolute Gasteiger partial charge is 0.496 e. The molecule has 0 N–H and O–H groups in total. The summed E-state index contributed by atoms with van der Waals surface area (Å²) < 4.78 is 10.5. The van der Waals surface area contributed by atoms with E-state index in [1.54, 1.807) is 23.9 Å².